The van der Waals surface area contributed by atoms with Crippen LogP contribution in [0.3, 0.4) is 0 Å². The van der Waals surface area contributed by atoms with Crippen molar-refractivity contribution in [2.75, 3.05) is 5.73 Å². The van der Waals surface area contributed by atoms with Crippen LogP contribution in [0.25, 0.3) is 0 Å². The number of nitrogen functional groups attached to an aromatic ring is 1. The Kier molecular flexibility index (Phi) is 3.49. The number of hydrogen-bond acceptors (Lipinski definition) is 2. The van der Waals surface area contributed by atoms with Gasteiger partial charge in [0.1, 0.15) is 18.2 Å². The summed E-state index contributed by atoms with van der Waals surface area (Å²) in [6, 6.07) is 11.7. The number of nitrogens with two attached hydrogens (primary N) is 1. The fraction of sp³-hybridized carbons (Fsp3) is 0.0769. The van der Waals surface area contributed by atoms with Gasteiger partial charge < -0.3 is 10.5 Å². The van der Waals surface area contributed by atoms with Crippen molar-refractivity contribution in [1.82, 2.24) is 0 Å². The van der Waals surface area contributed by atoms with Crippen LogP contribution in [-0.4, -0.2) is 0 Å². The highest BCUT2D eigenvalue weighted by molar-refractivity contribution is 6.31. The van der Waals surface area contributed by atoms with Gasteiger partial charge in [0.25, 0.3) is 0 Å². The van der Waals surface area contributed by atoms with E-state index in [1.54, 1.807) is 36.4 Å². The van der Waals surface area contributed by atoms with Crippen LogP contribution in [0, 0.1) is 5.82 Å². The molecule has 2 N–H and O–H groups in total. The van der Waals surface area contributed by atoms with Crippen molar-refractivity contribution in [3.8, 4) is 5.75 Å². The van der Waals surface area contributed by atoms with Crippen LogP contribution >= 0.6 is 11.6 Å². The second kappa shape index (κ2) is 5.06. The molecule has 0 aromatic heterocycles. The summed E-state index contributed by atoms with van der Waals surface area (Å²) in [7, 11) is 0. The molecular weight excluding hydrogens is 241 g/mol. The van der Waals surface area contributed by atoms with Crippen LogP contribution < -0.4 is 10.5 Å². The number of benzene rings is 2. The van der Waals surface area contributed by atoms with Crippen molar-refractivity contribution < 1.29 is 9.13 Å². The quantitative estimate of drug-likeness (QED) is 0.846. The average molecular weight is 252 g/mol. The molecular formula is C13H11ClFNO. The number of hydrogen-bond donors (Lipinski definition) is 1. The van der Waals surface area contributed by atoms with E-state index in [1.807, 2.05) is 0 Å². The first kappa shape index (κ1) is 11.7. The molecule has 0 unspecified atom stereocenters. The van der Waals surface area contributed by atoms with E-state index in [1.165, 1.54) is 6.07 Å². The highest BCUT2D eigenvalue weighted by Crippen LogP contribution is 2.22. The molecule has 0 aliphatic rings. The summed E-state index contributed by atoms with van der Waals surface area (Å²) in [4.78, 5) is 0. The summed E-state index contributed by atoms with van der Waals surface area (Å²) in [6.45, 7) is 0.208. The van der Waals surface area contributed by atoms with Crippen LogP contribution in [-0.2, 0) is 6.61 Å². The van der Waals surface area contributed by atoms with E-state index in [-0.39, 0.29) is 11.6 Å². The van der Waals surface area contributed by atoms with Gasteiger partial charge in [-0.05, 0) is 18.2 Å². The molecule has 4 heteroatoms. The Morgan fingerprint density at radius 3 is 2.71 bits per heavy atom. The van der Waals surface area contributed by atoms with E-state index in [0.717, 1.165) is 0 Å². The third kappa shape index (κ3) is 2.88. The smallest absolute Gasteiger partial charge is 0.142 e. The molecule has 0 amide bonds. The second-order valence-electron chi connectivity index (χ2n) is 3.57. The molecule has 0 radical (unpaired) electrons. The fourth-order valence-corrected chi connectivity index (χ4v) is 1.61. The summed E-state index contributed by atoms with van der Waals surface area (Å²) in [6.07, 6.45) is 0. The lowest BCUT2D eigenvalue weighted by Crippen LogP contribution is -1.98. The molecule has 88 valence electrons. The van der Waals surface area contributed by atoms with Crippen molar-refractivity contribution in [3.63, 3.8) is 0 Å². The molecule has 0 saturated carbocycles. The Labute approximate surface area is 104 Å². The summed E-state index contributed by atoms with van der Waals surface area (Å²) in [5.74, 6) is 0.186. The molecule has 0 atom stereocenters. The first-order chi connectivity index (χ1) is 8.16. The van der Waals surface area contributed by atoms with Gasteiger partial charge in [-0.3, -0.25) is 0 Å². The minimum Gasteiger partial charge on any atom is -0.489 e. The minimum absolute atomic E-state index is 0.0939. The van der Waals surface area contributed by atoms with E-state index in [0.29, 0.717) is 17.0 Å². The average Bonchev–Trinajstić information content (AvgIpc) is 2.31. The van der Waals surface area contributed by atoms with Crippen LogP contribution in [0.15, 0.2) is 42.5 Å². The SMILES string of the molecule is Nc1cccc(OCc2cccc(F)c2Cl)c1. The van der Waals surface area contributed by atoms with Gasteiger partial charge in [-0.2, -0.15) is 0 Å². The Morgan fingerprint density at radius 2 is 1.94 bits per heavy atom. The van der Waals surface area contributed by atoms with Crippen molar-refractivity contribution in [3.05, 3.63) is 58.9 Å². The van der Waals surface area contributed by atoms with E-state index >= 15 is 0 Å². The van der Waals surface area contributed by atoms with Crippen molar-refractivity contribution in [1.29, 1.82) is 0 Å². The maximum Gasteiger partial charge on any atom is 0.142 e. The van der Waals surface area contributed by atoms with Crippen LogP contribution in [0.2, 0.25) is 5.02 Å². The maximum atomic E-state index is 13.2. The van der Waals surface area contributed by atoms with Crippen molar-refractivity contribution in [2.45, 2.75) is 6.61 Å². The van der Waals surface area contributed by atoms with Gasteiger partial charge in [0.2, 0.25) is 0 Å². The predicted octanol–water partition coefficient (Wildman–Crippen LogP) is 3.64. The van der Waals surface area contributed by atoms with Crippen molar-refractivity contribution >= 4 is 17.3 Å². The predicted molar refractivity (Wildman–Crippen MR) is 66.6 cm³/mol. The molecule has 0 aliphatic heterocycles. The summed E-state index contributed by atoms with van der Waals surface area (Å²) < 4.78 is 18.6. The van der Waals surface area contributed by atoms with Crippen LogP contribution in [0.4, 0.5) is 10.1 Å². The van der Waals surface area contributed by atoms with E-state index < -0.39 is 5.82 Å². The molecule has 17 heavy (non-hydrogen) atoms. The van der Waals surface area contributed by atoms with Gasteiger partial charge in [0.05, 0.1) is 5.02 Å². The zero-order valence-electron chi connectivity index (χ0n) is 8.99. The van der Waals surface area contributed by atoms with Gasteiger partial charge in [-0.25, -0.2) is 4.39 Å². The summed E-state index contributed by atoms with van der Waals surface area (Å²) in [5.41, 5.74) is 6.84. The number of halogens is 2. The normalized spacial score (nSPS) is 10.2. The Morgan fingerprint density at radius 1 is 1.18 bits per heavy atom. The van der Waals surface area contributed by atoms with Gasteiger partial charge >= 0.3 is 0 Å². The molecule has 0 spiro atoms. The fourth-order valence-electron chi connectivity index (χ4n) is 1.43. The molecule has 2 aromatic carbocycles. The largest absolute Gasteiger partial charge is 0.489 e. The summed E-state index contributed by atoms with van der Waals surface area (Å²) >= 11 is 5.81. The summed E-state index contributed by atoms with van der Waals surface area (Å²) in [5, 5.41) is 0.0939. The van der Waals surface area contributed by atoms with E-state index in [4.69, 9.17) is 22.1 Å². The third-order valence-electron chi connectivity index (χ3n) is 2.28. The zero-order valence-corrected chi connectivity index (χ0v) is 9.75. The second-order valence-corrected chi connectivity index (χ2v) is 3.95. The third-order valence-corrected chi connectivity index (χ3v) is 2.71. The van der Waals surface area contributed by atoms with Gasteiger partial charge in [0, 0.05) is 17.3 Å². The molecule has 2 aromatic rings. The molecule has 2 nitrogen and oxygen atoms in total. The molecule has 2 rings (SSSR count). The van der Waals surface area contributed by atoms with Crippen LogP contribution in [0.1, 0.15) is 5.56 Å². The maximum absolute atomic E-state index is 13.2. The Hall–Kier alpha value is -1.74. The van der Waals surface area contributed by atoms with Crippen molar-refractivity contribution in [2.24, 2.45) is 0 Å². The van der Waals surface area contributed by atoms with E-state index in [9.17, 15) is 4.39 Å². The molecule has 0 aliphatic carbocycles. The topological polar surface area (TPSA) is 35.2 Å². The lowest BCUT2D eigenvalue weighted by Gasteiger charge is -2.08. The first-order valence-corrected chi connectivity index (χ1v) is 5.46. The first-order valence-electron chi connectivity index (χ1n) is 5.08. The zero-order chi connectivity index (χ0) is 12.3. The van der Waals surface area contributed by atoms with Crippen LogP contribution in [0.5, 0.6) is 5.75 Å². The van der Waals surface area contributed by atoms with Gasteiger partial charge in [-0.15, -0.1) is 0 Å². The lowest BCUT2D eigenvalue weighted by molar-refractivity contribution is 0.306. The highest BCUT2D eigenvalue weighted by Gasteiger charge is 2.06. The Balaban J connectivity index is 2.10. The Bertz CT molecular complexity index is 531. The minimum atomic E-state index is -0.444. The molecule has 0 bridgehead atoms. The highest BCUT2D eigenvalue weighted by atomic mass is 35.5. The number of ether oxygens (including phenoxy) is 1. The molecule has 0 fully saturated rings. The monoisotopic (exact) mass is 251 g/mol. The molecule has 0 saturated heterocycles. The molecule has 0 heterocycles. The van der Waals surface area contributed by atoms with E-state index in [2.05, 4.69) is 0 Å². The standard InChI is InChI=1S/C13H11ClFNO/c14-13-9(3-1-6-12(13)15)8-17-11-5-2-4-10(16)7-11/h1-7H,8,16H2. The number of rotatable bonds is 3. The van der Waals surface area contributed by atoms with Gasteiger partial charge in [-0.1, -0.05) is 29.8 Å². The number of anilines is 1. The lowest BCUT2D eigenvalue weighted by atomic mass is 10.2. The van der Waals surface area contributed by atoms with Gasteiger partial charge in [0.15, 0.2) is 0 Å².